The van der Waals surface area contributed by atoms with Crippen molar-refractivity contribution in [1.29, 1.82) is 0 Å². The lowest BCUT2D eigenvalue weighted by Crippen LogP contribution is -2.40. The number of nitrogens with zero attached hydrogens (tertiary/aromatic N) is 3. The summed E-state index contributed by atoms with van der Waals surface area (Å²) in [4.78, 5) is 2.41. The van der Waals surface area contributed by atoms with Gasteiger partial charge < -0.3 is 10.2 Å². The van der Waals surface area contributed by atoms with Crippen LogP contribution >= 0.6 is 0 Å². The fraction of sp³-hybridized carbons (Fsp3) is 0.529. The molecule has 1 aromatic heterocycles. The highest BCUT2D eigenvalue weighted by atomic mass is 15.3. The minimum absolute atomic E-state index is 0.714. The first-order valence-electron chi connectivity index (χ1n) is 8.04. The number of rotatable bonds is 5. The molecule has 1 fully saturated rings. The summed E-state index contributed by atoms with van der Waals surface area (Å²) in [6.07, 6.45) is 5.60. The van der Waals surface area contributed by atoms with Crippen LogP contribution in [0.4, 0.5) is 5.82 Å². The van der Waals surface area contributed by atoms with Crippen molar-refractivity contribution in [1.82, 2.24) is 15.5 Å². The molecule has 3 rings (SSSR count). The van der Waals surface area contributed by atoms with Crippen molar-refractivity contribution in [3.05, 3.63) is 30.5 Å². The maximum absolute atomic E-state index is 4.42. The van der Waals surface area contributed by atoms with Crippen LogP contribution in [-0.4, -0.2) is 36.4 Å². The monoisotopic (exact) mass is 284 g/mol. The van der Waals surface area contributed by atoms with E-state index in [0.717, 1.165) is 32.0 Å². The summed E-state index contributed by atoms with van der Waals surface area (Å²) in [5.41, 5.74) is 0. The first-order valence-corrected chi connectivity index (χ1v) is 8.04. The molecule has 0 amide bonds. The molecule has 1 aliphatic heterocycles. The Kier molecular flexibility index (Phi) is 4.65. The average molecular weight is 284 g/mol. The highest BCUT2D eigenvalue weighted by Gasteiger charge is 2.22. The SMILES string of the molecule is CCCNCC1CCCN(c2nncc3ccccc23)C1. The van der Waals surface area contributed by atoms with Crippen molar-refractivity contribution in [3.8, 4) is 0 Å². The smallest absolute Gasteiger partial charge is 0.159 e. The number of piperidine rings is 1. The van der Waals surface area contributed by atoms with E-state index in [1.54, 1.807) is 0 Å². The summed E-state index contributed by atoms with van der Waals surface area (Å²) < 4.78 is 0. The van der Waals surface area contributed by atoms with Crippen LogP contribution in [0.25, 0.3) is 10.8 Å². The Labute approximate surface area is 126 Å². The van der Waals surface area contributed by atoms with E-state index in [9.17, 15) is 0 Å². The number of anilines is 1. The van der Waals surface area contributed by atoms with Gasteiger partial charge in [-0.15, -0.1) is 5.10 Å². The fourth-order valence-corrected chi connectivity index (χ4v) is 3.15. The second-order valence-electron chi connectivity index (χ2n) is 5.91. The summed E-state index contributed by atoms with van der Waals surface area (Å²) >= 11 is 0. The zero-order chi connectivity index (χ0) is 14.5. The average Bonchev–Trinajstić information content (AvgIpc) is 2.55. The molecule has 2 aromatic rings. The molecule has 1 aliphatic rings. The summed E-state index contributed by atoms with van der Waals surface area (Å²) in [6.45, 7) is 6.62. The van der Waals surface area contributed by atoms with E-state index in [-0.39, 0.29) is 0 Å². The quantitative estimate of drug-likeness (QED) is 0.857. The van der Waals surface area contributed by atoms with Crippen LogP contribution in [0.15, 0.2) is 30.5 Å². The summed E-state index contributed by atoms with van der Waals surface area (Å²) in [5, 5.41) is 14.5. The number of nitrogens with one attached hydrogen (secondary N) is 1. The van der Waals surface area contributed by atoms with Gasteiger partial charge in [-0.1, -0.05) is 31.2 Å². The molecule has 0 radical (unpaired) electrons. The van der Waals surface area contributed by atoms with Gasteiger partial charge in [0.1, 0.15) is 0 Å². The Bertz CT molecular complexity index is 579. The Morgan fingerprint density at radius 1 is 1.33 bits per heavy atom. The van der Waals surface area contributed by atoms with Gasteiger partial charge in [0.25, 0.3) is 0 Å². The van der Waals surface area contributed by atoms with Crippen molar-refractivity contribution in [2.75, 3.05) is 31.1 Å². The molecule has 2 heterocycles. The predicted octanol–water partition coefficient (Wildman–Crippen LogP) is 2.85. The molecule has 112 valence electrons. The highest BCUT2D eigenvalue weighted by molar-refractivity contribution is 5.91. The molecule has 1 unspecified atom stereocenters. The Morgan fingerprint density at radius 3 is 3.14 bits per heavy atom. The predicted molar refractivity (Wildman–Crippen MR) is 87.6 cm³/mol. The molecule has 0 saturated carbocycles. The normalized spacial score (nSPS) is 19.1. The zero-order valence-electron chi connectivity index (χ0n) is 12.8. The first kappa shape index (κ1) is 14.3. The van der Waals surface area contributed by atoms with E-state index in [4.69, 9.17) is 0 Å². The molecular formula is C17H24N4. The van der Waals surface area contributed by atoms with Crippen molar-refractivity contribution in [2.45, 2.75) is 26.2 Å². The third-order valence-electron chi connectivity index (χ3n) is 4.23. The van der Waals surface area contributed by atoms with Gasteiger partial charge in [-0.2, -0.15) is 5.10 Å². The van der Waals surface area contributed by atoms with Crippen LogP contribution in [0, 0.1) is 5.92 Å². The van der Waals surface area contributed by atoms with Crippen LogP contribution in [0.1, 0.15) is 26.2 Å². The third kappa shape index (κ3) is 3.32. The van der Waals surface area contributed by atoms with E-state index in [1.165, 1.54) is 30.0 Å². The molecule has 0 aliphatic carbocycles. The maximum Gasteiger partial charge on any atom is 0.159 e. The van der Waals surface area contributed by atoms with Gasteiger partial charge in [-0.3, -0.25) is 0 Å². The maximum atomic E-state index is 4.42. The molecule has 4 nitrogen and oxygen atoms in total. The van der Waals surface area contributed by atoms with E-state index in [2.05, 4.69) is 51.6 Å². The zero-order valence-corrected chi connectivity index (χ0v) is 12.8. The molecule has 1 atom stereocenters. The number of hydrogen-bond donors (Lipinski definition) is 1. The lowest BCUT2D eigenvalue weighted by atomic mass is 9.97. The number of hydrogen-bond acceptors (Lipinski definition) is 4. The van der Waals surface area contributed by atoms with Crippen LogP contribution in [-0.2, 0) is 0 Å². The van der Waals surface area contributed by atoms with Crippen LogP contribution in [0.3, 0.4) is 0 Å². The molecule has 1 saturated heterocycles. The van der Waals surface area contributed by atoms with Gasteiger partial charge in [0.2, 0.25) is 0 Å². The van der Waals surface area contributed by atoms with E-state index in [0.29, 0.717) is 5.92 Å². The van der Waals surface area contributed by atoms with Crippen molar-refractivity contribution in [2.24, 2.45) is 5.92 Å². The Balaban J connectivity index is 1.75. The number of fused-ring (bicyclic) bond motifs is 1. The molecular weight excluding hydrogens is 260 g/mol. The van der Waals surface area contributed by atoms with Gasteiger partial charge in [0, 0.05) is 23.9 Å². The molecule has 1 aromatic carbocycles. The molecule has 0 bridgehead atoms. The second-order valence-corrected chi connectivity index (χ2v) is 5.91. The van der Waals surface area contributed by atoms with E-state index < -0.39 is 0 Å². The van der Waals surface area contributed by atoms with Crippen LogP contribution < -0.4 is 10.2 Å². The Morgan fingerprint density at radius 2 is 2.24 bits per heavy atom. The first-order chi connectivity index (χ1) is 10.4. The van der Waals surface area contributed by atoms with Crippen molar-refractivity contribution >= 4 is 16.6 Å². The summed E-state index contributed by atoms with van der Waals surface area (Å²) in [6, 6.07) is 8.40. The third-order valence-corrected chi connectivity index (χ3v) is 4.23. The minimum Gasteiger partial charge on any atom is -0.354 e. The topological polar surface area (TPSA) is 41.0 Å². The molecule has 4 heteroatoms. The second kappa shape index (κ2) is 6.85. The molecule has 0 spiro atoms. The van der Waals surface area contributed by atoms with Gasteiger partial charge >= 0.3 is 0 Å². The van der Waals surface area contributed by atoms with E-state index in [1.807, 2.05) is 6.20 Å². The van der Waals surface area contributed by atoms with Crippen LogP contribution in [0.2, 0.25) is 0 Å². The van der Waals surface area contributed by atoms with Crippen molar-refractivity contribution in [3.63, 3.8) is 0 Å². The van der Waals surface area contributed by atoms with E-state index >= 15 is 0 Å². The van der Waals surface area contributed by atoms with Gasteiger partial charge in [0.15, 0.2) is 5.82 Å². The largest absolute Gasteiger partial charge is 0.354 e. The highest BCUT2D eigenvalue weighted by Crippen LogP contribution is 2.27. The molecule has 21 heavy (non-hydrogen) atoms. The Hall–Kier alpha value is -1.68. The lowest BCUT2D eigenvalue weighted by Gasteiger charge is -2.34. The number of benzene rings is 1. The summed E-state index contributed by atoms with van der Waals surface area (Å²) in [5.74, 6) is 1.76. The standard InChI is InChI=1S/C17H24N4/c1-2-9-18-11-14-6-5-10-21(13-14)17-16-8-4-3-7-15(16)12-19-20-17/h3-4,7-8,12,14,18H,2,5-6,9-11,13H2,1H3. The van der Waals surface area contributed by atoms with Gasteiger partial charge in [-0.05, 0) is 38.3 Å². The van der Waals surface area contributed by atoms with Crippen LogP contribution in [0.5, 0.6) is 0 Å². The van der Waals surface area contributed by atoms with Gasteiger partial charge in [-0.25, -0.2) is 0 Å². The van der Waals surface area contributed by atoms with Crippen molar-refractivity contribution < 1.29 is 0 Å². The number of aromatic nitrogens is 2. The lowest BCUT2D eigenvalue weighted by molar-refractivity contribution is 0.391. The van der Waals surface area contributed by atoms with Gasteiger partial charge in [0.05, 0.1) is 6.20 Å². The fourth-order valence-electron chi connectivity index (χ4n) is 3.15. The molecule has 1 N–H and O–H groups in total. The summed E-state index contributed by atoms with van der Waals surface area (Å²) in [7, 11) is 0. The minimum atomic E-state index is 0.714.